The van der Waals surface area contributed by atoms with E-state index in [-0.39, 0.29) is 0 Å². The number of ether oxygens (including phenoxy) is 1. The molecule has 0 saturated carbocycles. The first-order valence-corrected chi connectivity index (χ1v) is 6.74. The molecule has 1 aliphatic rings. The van der Waals surface area contributed by atoms with Crippen LogP contribution < -0.4 is 11.3 Å². The molecule has 3 heteroatoms. The van der Waals surface area contributed by atoms with Gasteiger partial charge in [0.1, 0.15) is 5.76 Å². The van der Waals surface area contributed by atoms with E-state index in [4.69, 9.17) is 10.6 Å². The third kappa shape index (κ3) is 3.38. The summed E-state index contributed by atoms with van der Waals surface area (Å²) in [6, 6.07) is 6.05. The quantitative estimate of drug-likeness (QED) is 0.368. The zero-order valence-electron chi connectivity index (χ0n) is 11.5. The van der Waals surface area contributed by atoms with E-state index >= 15 is 0 Å². The highest BCUT2D eigenvalue weighted by Crippen LogP contribution is 2.28. The molecule has 1 aromatic carbocycles. The van der Waals surface area contributed by atoms with Crippen molar-refractivity contribution in [3.05, 3.63) is 48.1 Å². The second kappa shape index (κ2) is 6.43. The van der Waals surface area contributed by atoms with Crippen LogP contribution in [0.1, 0.15) is 30.4 Å². The molecule has 0 bridgehead atoms. The van der Waals surface area contributed by atoms with Crippen molar-refractivity contribution in [1.29, 1.82) is 0 Å². The maximum absolute atomic E-state index is 5.49. The maximum Gasteiger partial charge on any atom is 0.119 e. The summed E-state index contributed by atoms with van der Waals surface area (Å²) < 4.78 is 5.28. The third-order valence-corrected chi connectivity index (χ3v) is 3.65. The number of allylic oxidation sites excluding steroid dienone is 2. The van der Waals surface area contributed by atoms with Crippen molar-refractivity contribution in [2.75, 3.05) is 12.5 Å². The highest BCUT2D eigenvalue weighted by molar-refractivity contribution is 5.64. The first-order chi connectivity index (χ1) is 9.24. The molecule has 2 rings (SSSR count). The van der Waals surface area contributed by atoms with Crippen LogP contribution in [0.2, 0.25) is 0 Å². The minimum Gasteiger partial charge on any atom is -0.497 e. The summed E-state index contributed by atoms with van der Waals surface area (Å²) in [7, 11) is 1.65. The van der Waals surface area contributed by atoms with Gasteiger partial charge in [-0.05, 0) is 55.4 Å². The summed E-state index contributed by atoms with van der Waals surface area (Å²) in [5.74, 6) is 6.80. The Morgan fingerprint density at radius 1 is 1.53 bits per heavy atom. The molecule has 1 aliphatic carbocycles. The van der Waals surface area contributed by atoms with Crippen LogP contribution in [0.4, 0.5) is 5.69 Å². The fraction of sp³-hybridized carbons (Fsp3) is 0.375. The number of nitrogens with one attached hydrogen (secondary N) is 1. The summed E-state index contributed by atoms with van der Waals surface area (Å²) in [5, 5.41) is 0. The van der Waals surface area contributed by atoms with Crippen LogP contribution in [0.3, 0.4) is 0 Å². The molecule has 0 aliphatic heterocycles. The first kappa shape index (κ1) is 13.7. The number of methoxy groups -OCH3 is 1. The van der Waals surface area contributed by atoms with Gasteiger partial charge in [0.2, 0.25) is 0 Å². The molecule has 3 N–H and O–H groups in total. The number of anilines is 1. The summed E-state index contributed by atoms with van der Waals surface area (Å²) >= 11 is 0. The van der Waals surface area contributed by atoms with Crippen molar-refractivity contribution >= 4 is 11.4 Å². The lowest BCUT2D eigenvalue weighted by Crippen LogP contribution is -2.10. The molecule has 102 valence electrons. The molecule has 1 atom stereocenters. The van der Waals surface area contributed by atoms with Gasteiger partial charge in [-0.25, -0.2) is 0 Å². The standard InChI is InChI=1S/C16H22N2O/c1-12(19-2)16-9-8-15(18-17)11-14(16)10-13-6-4-3-5-7-13/h4,6,8-9,11,13,18H,1,3,5,7,10,17H2,2H3. The summed E-state index contributed by atoms with van der Waals surface area (Å²) in [6.45, 7) is 3.96. The molecule has 19 heavy (non-hydrogen) atoms. The first-order valence-electron chi connectivity index (χ1n) is 6.74. The third-order valence-electron chi connectivity index (χ3n) is 3.65. The van der Waals surface area contributed by atoms with Gasteiger partial charge in [-0.2, -0.15) is 0 Å². The van der Waals surface area contributed by atoms with E-state index < -0.39 is 0 Å². The average molecular weight is 258 g/mol. The van der Waals surface area contributed by atoms with Gasteiger partial charge in [0.05, 0.1) is 7.11 Å². The zero-order valence-corrected chi connectivity index (χ0v) is 11.5. The highest BCUT2D eigenvalue weighted by Gasteiger charge is 2.14. The Morgan fingerprint density at radius 2 is 2.37 bits per heavy atom. The Labute approximate surface area is 115 Å². The lowest BCUT2D eigenvalue weighted by molar-refractivity contribution is 0.370. The molecule has 0 fully saturated rings. The summed E-state index contributed by atoms with van der Waals surface area (Å²) in [5.41, 5.74) is 5.92. The Kier molecular flexibility index (Phi) is 4.63. The van der Waals surface area contributed by atoms with Crippen LogP contribution in [-0.2, 0) is 11.2 Å². The number of nitrogen functional groups attached to an aromatic ring is 1. The topological polar surface area (TPSA) is 47.3 Å². The molecule has 0 amide bonds. The van der Waals surface area contributed by atoms with Gasteiger partial charge in [-0.3, -0.25) is 5.84 Å². The van der Waals surface area contributed by atoms with Crippen LogP contribution in [0.5, 0.6) is 0 Å². The molecular weight excluding hydrogens is 236 g/mol. The van der Waals surface area contributed by atoms with Crippen molar-refractivity contribution in [3.8, 4) is 0 Å². The largest absolute Gasteiger partial charge is 0.497 e. The number of hydrogen-bond acceptors (Lipinski definition) is 3. The second-order valence-electron chi connectivity index (χ2n) is 4.97. The van der Waals surface area contributed by atoms with Crippen molar-refractivity contribution in [1.82, 2.24) is 0 Å². The number of hydrazine groups is 1. The van der Waals surface area contributed by atoms with Gasteiger partial charge in [0.15, 0.2) is 0 Å². The van der Waals surface area contributed by atoms with E-state index in [1.807, 2.05) is 12.1 Å². The molecule has 0 radical (unpaired) electrons. The molecule has 0 saturated heterocycles. The van der Waals surface area contributed by atoms with Crippen molar-refractivity contribution < 1.29 is 4.74 Å². The van der Waals surface area contributed by atoms with Gasteiger partial charge in [-0.1, -0.05) is 18.7 Å². The zero-order chi connectivity index (χ0) is 13.7. The van der Waals surface area contributed by atoms with E-state index in [0.717, 1.165) is 17.7 Å². The average Bonchev–Trinajstić information content (AvgIpc) is 2.47. The highest BCUT2D eigenvalue weighted by atomic mass is 16.5. The van der Waals surface area contributed by atoms with Crippen LogP contribution in [0, 0.1) is 5.92 Å². The number of benzene rings is 1. The Hall–Kier alpha value is -1.74. The fourth-order valence-corrected chi connectivity index (χ4v) is 2.57. The second-order valence-corrected chi connectivity index (χ2v) is 4.97. The van der Waals surface area contributed by atoms with Crippen molar-refractivity contribution in [2.24, 2.45) is 11.8 Å². The fourth-order valence-electron chi connectivity index (χ4n) is 2.57. The monoisotopic (exact) mass is 258 g/mol. The predicted octanol–water partition coefficient (Wildman–Crippen LogP) is 3.49. The number of nitrogens with two attached hydrogens (primary N) is 1. The Balaban J connectivity index is 2.26. The predicted molar refractivity (Wildman–Crippen MR) is 80.5 cm³/mol. The van der Waals surface area contributed by atoms with Crippen LogP contribution in [0.25, 0.3) is 5.76 Å². The van der Waals surface area contributed by atoms with E-state index in [2.05, 4.69) is 30.2 Å². The van der Waals surface area contributed by atoms with Gasteiger partial charge in [-0.15, -0.1) is 0 Å². The SMILES string of the molecule is C=C(OC)c1ccc(NN)cc1CC1C=CCCC1. The number of rotatable bonds is 5. The maximum atomic E-state index is 5.49. The molecule has 3 nitrogen and oxygen atoms in total. The van der Waals surface area contributed by atoms with Crippen LogP contribution in [-0.4, -0.2) is 7.11 Å². The lowest BCUT2D eigenvalue weighted by atomic mass is 9.88. The normalized spacial score (nSPS) is 18.1. The lowest BCUT2D eigenvalue weighted by Gasteiger charge is -2.19. The molecule has 0 spiro atoms. The number of hydrogen-bond donors (Lipinski definition) is 2. The molecular formula is C16H22N2O. The van der Waals surface area contributed by atoms with Crippen molar-refractivity contribution in [3.63, 3.8) is 0 Å². The van der Waals surface area contributed by atoms with Crippen LogP contribution >= 0.6 is 0 Å². The Bertz CT molecular complexity index is 480. The van der Waals surface area contributed by atoms with Gasteiger partial charge >= 0.3 is 0 Å². The minimum absolute atomic E-state index is 0.602. The van der Waals surface area contributed by atoms with E-state index in [1.165, 1.54) is 24.8 Å². The molecule has 0 heterocycles. The van der Waals surface area contributed by atoms with E-state index in [0.29, 0.717) is 11.7 Å². The molecule has 0 aromatic heterocycles. The van der Waals surface area contributed by atoms with Gasteiger partial charge < -0.3 is 10.2 Å². The summed E-state index contributed by atoms with van der Waals surface area (Å²) in [6.07, 6.45) is 9.34. The van der Waals surface area contributed by atoms with E-state index in [9.17, 15) is 0 Å². The molecule has 1 unspecified atom stereocenters. The minimum atomic E-state index is 0.602. The van der Waals surface area contributed by atoms with Crippen molar-refractivity contribution in [2.45, 2.75) is 25.7 Å². The van der Waals surface area contributed by atoms with E-state index in [1.54, 1.807) is 7.11 Å². The Morgan fingerprint density at radius 3 is 3.00 bits per heavy atom. The summed E-state index contributed by atoms with van der Waals surface area (Å²) in [4.78, 5) is 0. The smallest absolute Gasteiger partial charge is 0.119 e. The van der Waals surface area contributed by atoms with Crippen LogP contribution in [0.15, 0.2) is 36.9 Å². The van der Waals surface area contributed by atoms with Gasteiger partial charge in [0.25, 0.3) is 0 Å². The van der Waals surface area contributed by atoms with Gasteiger partial charge in [0, 0.05) is 11.3 Å². The molecule has 1 aromatic rings.